The number of nitrogens with two attached hydrogens (primary N) is 2. The van der Waals surface area contributed by atoms with Gasteiger partial charge in [-0.15, -0.1) is 0 Å². The topological polar surface area (TPSA) is 97.3 Å². The van der Waals surface area contributed by atoms with Gasteiger partial charge in [-0.25, -0.2) is 21.5 Å². The molecule has 0 radical (unpaired) electrons. The van der Waals surface area contributed by atoms with Crippen LogP contribution in [0.2, 0.25) is 0 Å². The Balaban J connectivity index is 2.95. The summed E-state index contributed by atoms with van der Waals surface area (Å²) < 4.78 is 0. The molecule has 0 aliphatic rings. The molecule has 0 unspecified atom stereocenters. The van der Waals surface area contributed by atoms with Gasteiger partial charge in [0.15, 0.2) is 0 Å². The number of carbonyl (C=O) groups is 1. The highest BCUT2D eigenvalue weighted by Gasteiger charge is 2.11. The molecule has 0 fully saturated rings. The average Bonchev–Trinajstić information content (AvgIpc) is 2.16. The number of aryl methyl sites for hydroxylation is 1. The molecule has 6 nitrogen and oxygen atoms in total. The van der Waals surface area contributed by atoms with Gasteiger partial charge in [0.2, 0.25) is 0 Å². The van der Waals surface area contributed by atoms with E-state index in [2.05, 4.69) is 4.98 Å². The molecule has 0 saturated heterocycles. The van der Waals surface area contributed by atoms with Crippen LogP contribution < -0.4 is 22.1 Å². The SMILES string of the molecule is Cc1ncccc1N(N)C(=O)NN. The van der Waals surface area contributed by atoms with E-state index in [9.17, 15) is 4.79 Å². The van der Waals surface area contributed by atoms with Crippen molar-refractivity contribution in [1.82, 2.24) is 10.4 Å². The quantitative estimate of drug-likeness (QED) is 0.313. The maximum atomic E-state index is 11.0. The fourth-order valence-corrected chi connectivity index (χ4v) is 0.909. The first-order valence-electron chi connectivity index (χ1n) is 3.64. The van der Waals surface area contributed by atoms with Crippen LogP contribution in [0.1, 0.15) is 5.69 Å². The van der Waals surface area contributed by atoms with Crippen molar-refractivity contribution in [3.05, 3.63) is 24.0 Å². The van der Waals surface area contributed by atoms with Gasteiger partial charge in [0, 0.05) is 6.20 Å². The van der Waals surface area contributed by atoms with Crippen LogP contribution in [0.5, 0.6) is 0 Å². The summed E-state index contributed by atoms with van der Waals surface area (Å²) in [7, 11) is 0. The van der Waals surface area contributed by atoms with Crippen molar-refractivity contribution in [2.45, 2.75) is 6.92 Å². The molecule has 0 aliphatic carbocycles. The van der Waals surface area contributed by atoms with Crippen molar-refractivity contribution in [3.8, 4) is 0 Å². The summed E-state index contributed by atoms with van der Waals surface area (Å²) in [6, 6.07) is 2.78. The summed E-state index contributed by atoms with van der Waals surface area (Å²) in [6.45, 7) is 1.75. The largest absolute Gasteiger partial charge is 0.350 e. The van der Waals surface area contributed by atoms with Crippen molar-refractivity contribution in [1.29, 1.82) is 0 Å². The lowest BCUT2D eigenvalue weighted by atomic mass is 10.3. The van der Waals surface area contributed by atoms with E-state index in [-0.39, 0.29) is 0 Å². The Morgan fingerprint density at radius 1 is 1.69 bits per heavy atom. The lowest BCUT2D eigenvalue weighted by Gasteiger charge is -2.16. The average molecular weight is 181 g/mol. The van der Waals surface area contributed by atoms with E-state index < -0.39 is 6.03 Å². The van der Waals surface area contributed by atoms with E-state index in [4.69, 9.17) is 11.7 Å². The van der Waals surface area contributed by atoms with Gasteiger partial charge in [-0.3, -0.25) is 10.4 Å². The number of nitrogens with one attached hydrogen (secondary N) is 1. The first kappa shape index (κ1) is 9.43. The van der Waals surface area contributed by atoms with Crippen molar-refractivity contribution >= 4 is 11.7 Å². The van der Waals surface area contributed by atoms with Gasteiger partial charge in [-0.1, -0.05) is 0 Å². The lowest BCUT2D eigenvalue weighted by Crippen LogP contribution is -2.48. The van der Waals surface area contributed by atoms with Gasteiger partial charge >= 0.3 is 6.03 Å². The standard InChI is InChI=1S/C7H11N5O/c1-5-6(3-2-4-10-5)12(9)7(13)11-8/h2-4H,8-9H2,1H3,(H,11,13). The number of hydrazine groups is 2. The van der Waals surface area contributed by atoms with Crippen LogP contribution in [-0.4, -0.2) is 11.0 Å². The number of pyridine rings is 1. The highest BCUT2D eigenvalue weighted by Crippen LogP contribution is 2.13. The van der Waals surface area contributed by atoms with Gasteiger partial charge in [-0.05, 0) is 19.1 Å². The molecule has 0 spiro atoms. The lowest BCUT2D eigenvalue weighted by molar-refractivity contribution is 0.246. The number of anilines is 1. The zero-order chi connectivity index (χ0) is 9.84. The first-order valence-corrected chi connectivity index (χ1v) is 3.64. The van der Waals surface area contributed by atoms with E-state index in [0.717, 1.165) is 5.01 Å². The van der Waals surface area contributed by atoms with Gasteiger partial charge in [0.25, 0.3) is 0 Å². The number of nitrogens with zero attached hydrogens (tertiary/aromatic N) is 2. The monoisotopic (exact) mass is 181 g/mol. The van der Waals surface area contributed by atoms with Crippen molar-refractivity contribution in [2.75, 3.05) is 5.01 Å². The summed E-state index contributed by atoms with van der Waals surface area (Å²) in [5.74, 6) is 10.4. The fourth-order valence-electron chi connectivity index (χ4n) is 0.909. The molecule has 0 bridgehead atoms. The smallest absolute Gasteiger partial charge is 0.274 e. The van der Waals surface area contributed by atoms with Crippen molar-refractivity contribution in [2.24, 2.45) is 11.7 Å². The summed E-state index contributed by atoms with van der Waals surface area (Å²) in [5.41, 5.74) is 3.10. The van der Waals surface area contributed by atoms with Crippen molar-refractivity contribution < 1.29 is 4.79 Å². The minimum atomic E-state index is -0.587. The van der Waals surface area contributed by atoms with Gasteiger partial charge < -0.3 is 0 Å². The van der Waals surface area contributed by atoms with Crippen LogP contribution in [0.4, 0.5) is 10.5 Å². The third-order valence-corrected chi connectivity index (χ3v) is 1.58. The third-order valence-electron chi connectivity index (χ3n) is 1.58. The molecule has 0 aromatic carbocycles. The van der Waals surface area contributed by atoms with Crippen LogP contribution in [0.3, 0.4) is 0 Å². The van der Waals surface area contributed by atoms with Crippen LogP contribution in [0.25, 0.3) is 0 Å². The molecule has 6 heteroatoms. The first-order chi connectivity index (χ1) is 6.16. The summed E-state index contributed by atoms with van der Waals surface area (Å²) in [4.78, 5) is 15.0. The highest BCUT2D eigenvalue weighted by atomic mass is 16.2. The number of amides is 2. The second-order valence-electron chi connectivity index (χ2n) is 2.43. The van der Waals surface area contributed by atoms with Gasteiger partial charge in [0.1, 0.15) is 0 Å². The zero-order valence-electron chi connectivity index (χ0n) is 7.19. The zero-order valence-corrected chi connectivity index (χ0v) is 7.19. The van der Waals surface area contributed by atoms with E-state index >= 15 is 0 Å². The van der Waals surface area contributed by atoms with Crippen LogP contribution in [-0.2, 0) is 0 Å². The molecule has 1 aromatic heterocycles. The molecular formula is C7H11N5O. The second kappa shape index (κ2) is 3.83. The summed E-state index contributed by atoms with van der Waals surface area (Å²) in [5, 5.41) is 0.905. The molecule has 13 heavy (non-hydrogen) atoms. The molecule has 1 heterocycles. The number of aromatic nitrogens is 1. The maximum absolute atomic E-state index is 11.0. The van der Waals surface area contributed by atoms with Crippen molar-refractivity contribution in [3.63, 3.8) is 0 Å². The van der Waals surface area contributed by atoms with E-state index in [1.54, 1.807) is 25.3 Å². The second-order valence-corrected chi connectivity index (χ2v) is 2.43. The van der Waals surface area contributed by atoms with E-state index in [0.29, 0.717) is 11.4 Å². The van der Waals surface area contributed by atoms with Gasteiger partial charge in [-0.2, -0.15) is 0 Å². The highest BCUT2D eigenvalue weighted by molar-refractivity contribution is 5.90. The Hall–Kier alpha value is -1.66. The Kier molecular flexibility index (Phi) is 2.78. The fraction of sp³-hybridized carbons (Fsp3) is 0.143. The molecule has 0 aliphatic heterocycles. The molecule has 5 N–H and O–H groups in total. The maximum Gasteiger partial charge on any atom is 0.350 e. The summed E-state index contributed by atoms with van der Waals surface area (Å²) in [6.07, 6.45) is 1.62. The minimum Gasteiger partial charge on any atom is -0.274 e. The third kappa shape index (κ3) is 1.92. The molecule has 70 valence electrons. The Morgan fingerprint density at radius 3 is 2.92 bits per heavy atom. The number of rotatable bonds is 1. The normalized spacial score (nSPS) is 9.46. The number of hydrogen-bond acceptors (Lipinski definition) is 4. The Morgan fingerprint density at radius 2 is 2.38 bits per heavy atom. The molecule has 2 amide bonds. The number of hydrogen-bond donors (Lipinski definition) is 3. The Bertz CT molecular complexity index is 314. The molecular weight excluding hydrogens is 170 g/mol. The van der Waals surface area contributed by atoms with E-state index in [1.807, 2.05) is 5.43 Å². The van der Waals surface area contributed by atoms with E-state index in [1.165, 1.54) is 0 Å². The minimum absolute atomic E-state index is 0.519. The molecule has 1 aromatic rings. The predicted octanol–water partition coefficient (Wildman–Crippen LogP) is -0.347. The Labute approximate surface area is 75.5 Å². The number of carbonyl (C=O) groups excluding carboxylic acids is 1. The van der Waals surface area contributed by atoms with Gasteiger partial charge in [0.05, 0.1) is 11.4 Å². The molecule has 0 saturated carbocycles. The van der Waals surface area contributed by atoms with Crippen LogP contribution in [0, 0.1) is 6.92 Å². The van der Waals surface area contributed by atoms with Crippen LogP contribution >= 0.6 is 0 Å². The predicted molar refractivity (Wildman–Crippen MR) is 48.4 cm³/mol. The van der Waals surface area contributed by atoms with Crippen LogP contribution in [0.15, 0.2) is 18.3 Å². The molecule has 0 atom stereocenters. The number of urea groups is 1. The molecule has 1 rings (SSSR count). The summed E-state index contributed by atoms with van der Waals surface area (Å²) >= 11 is 0.